The number of hydrogen-bond donors (Lipinski definition) is 2. The highest BCUT2D eigenvalue weighted by atomic mass is 19.3. The number of rotatable bonds is 5. The number of aliphatic hydroxyl groups excluding tert-OH is 1. The van der Waals surface area contributed by atoms with Crippen molar-refractivity contribution in [3.63, 3.8) is 0 Å². The summed E-state index contributed by atoms with van der Waals surface area (Å²) in [7, 11) is 0. The van der Waals surface area contributed by atoms with E-state index in [1.54, 1.807) is 38.1 Å². The van der Waals surface area contributed by atoms with Crippen LogP contribution >= 0.6 is 0 Å². The minimum atomic E-state index is -3.29. The largest absolute Gasteiger partial charge is 0.390 e. The zero-order valence-electron chi connectivity index (χ0n) is 10.4. The normalized spacial score (nSPS) is 12.3. The molecule has 0 saturated carbocycles. The lowest BCUT2D eigenvalue weighted by atomic mass is 9.84. The van der Waals surface area contributed by atoms with E-state index in [0.29, 0.717) is 0 Å². The summed E-state index contributed by atoms with van der Waals surface area (Å²) in [6, 6.07) is 8.92. The van der Waals surface area contributed by atoms with E-state index in [-0.39, 0.29) is 0 Å². The molecule has 5 heteroatoms. The van der Waals surface area contributed by atoms with Crippen molar-refractivity contribution < 1.29 is 18.7 Å². The average Bonchev–Trinajstić information content (AvgIpc) is 2.37. The fourth-order valence-electron chi connectivity index (χ4n) is 1.47. The van der Waals surface area contributed by atoms with Crippen molar-refractivity contribution in [2.75, 3.05) is 13.2 Å². The molecule has 18 heavy (non-hydrogen) atoms. The quantitative estimate of drug-likeness (QED) is 0.843. The third-order valence-corrected chi connectivity index (χ3v) is 2.80. The highest BCUT2D eigenvalue weighted by Gasteiger charge is 2.33. The maximum Gasteiger partial charge on any atom is 0.287 e. The van der Waals surface area contributed by atoms with Crippen LogP contribution in [0.3, 0.4) is 0 Å². The number of halogens is 2. The molecule has 0 radical (unpaired) electrons. The van der Waals surface area contributed by atoms with E-state index in [4.69, 9.17) is 5.11 Å². The summed E-state index contributed by atoms with van der Waals surface area (Å²) in [5, 5.41) is 10.6. The summed E-state index contributed by atoms with van der Waals surface area (Å²) in [6.45, 7) is 1.18. The fraction of sp³-hybridized carbons (Fsp3) is 0.462. The number of carbonyl (C=O) groups excluding carboxylic acids is 1. The summed E-state index contributed by atoms with van der Waals surface area (Å²) in [6.07, 6.45) is 0. The smallest absolute Gasteiger partial charge is 0.287 e. The second-order valence-electron chi connectivity index (χ2n) is 4.69. The van der Waals surface area contributed by atoms with Gasteiger partial charge in [0.15, 0.2) is 0 Å². The van der Waals surface area contributed by atoms with Crippen LogP contribution in [0.1, 0.15) is 19.4 Å². The van der Waals surface area contributed by atoms with Crippen molar-refractivity contribution in [1.29, 1.82) is 0 Å². The molecule has 100 valence electrons. The Morgan fingerprint density at radius 2 is 1.83 bits per heavy atom. The number of aliphatic hydroxyl groups is 1. The van der Waals surface area contributed by atoms with Gasteiger partial charge in [-0.3, -0.25) is 4.79 Å². The third-order valence-electron chi connectivity index (χ3n) is 2.80. The minimum absolute atomic E-state index is 0.498. The van der Waals surface area contributed by atoms with E-state index in [9.17, 15) is 13.6 Å². The van der Waals surface area contributed by atoms with Gasteiger partial charge in [-0.05, 0) is 19.4 Å². The van der Waals surface area contributed by atoms with Crippen molar-refractivity contribution in [3.05, 3.63) is 35.9 Å². The van der Waals surface area contributed by atoms with Crippen LogP contribution in [0.4, 0.5) is 8.78 Å². The Morgan fingerprint density at radius 3 is 2.33 bits per heavy atom. The Labute approximate surface area is 105 Å². The molecule has 0 unspecified atom stereocenters. The SMILES string of the molecule is CC(C)(C(=O)NCC(F)(F)CO)c1ccccc1. The monoisotopic (exact) mass is 257 g/mol. The van der Waals surface area contributed by atoms with Gasteiger partial charge in [0.25, 0.3) is 5.92 Å². The lowest BCUT2D eigenvalue weighted by Gasteiger charge is -2.25. The predicted molar refractivity (Wildman–Crippen MR) is 64.5 cm³/mol. The number of nitrogens with one attached hydrogen (secondary N) is 1. The van der Waals surface area contributed by atoms with E-state index in [1.165, 1.54) is 0 Å². The first kappa shape index (κ1) is 14.6. The summed E-state index contributed by atoms with van der Waals surface area (Å²) >= 11 is 0. The molecule has 0 aliphatic carbocycles. The van der Waals surface area contributed by atoms with Crippen molar-refractivity contribution in [2.45, 2.75) is 25.2 Å². The lowest BCUT2D eigenvalue weighted by molar-refractivity contribution is -0.128. The van der Waals surface area contributed by atoms with Crippen LogP contribution in [0.2, 0.25) is 0 Å². The van der Waals surface area contributed by atoms with Crippen molar-refractivity contribution in [3.8, 4) is 0 Å². The van der Waals surface area contributed by atoms with Gasteiger partial charge in [0.05, 0.1) is 12.0 Å². The molecule has 0 fully saturated rings. The van der Waals surface area contributed by atoms with Gasteiger partial charge >= 0.3 is 0 Å². The van der Waals surface area contributed by atoms with Crippen molar-refractivity contribution in [1.82, 2.24) is 5.32 Å². The highest BCUT2D eigenvalue weighted by Crippen LogP contribution is 2.23. The summed E-state index contributed by atoms with van der Waals surface area (Å²) in [5.74, 6) is -3.79. The van der Waals surface area contributed by atoms with Crippen LogP contribution in [0.25, 0.3) is 0 Å². The maximum absolute atomic E-state index is 12.8. The van der Waals surface area contributed by atoms with Crippen LogP contribution in [0.5, 0.6) is 0 Å². The molecular formula is C13H17F2NO2. The van der Waals surface area contributed by atoms with Gasteiger partial charge in [-0.2, -0.15) is 0 Å². The van der Waals surface area contributed by atoms with E-state index in [0.717, 1.165) is 5.56 Å². The number of carbonyl (C=O) groups is 1. The fourth-order valence-corrected chi connectivity index (χ4v) is 1.47. The molecule has 3 nitrogen and oxygen atoms in total. The van der Waals surface area contributed by atoms with Gasteiger partial charge in [-0.15, -0.1) is 0 Å². The molecule has 0 heterocycles. The highest BCUT2D eigenvalue weighted by molar-refractivity contribution is 5.87. The topological polar surface area (TPSA) is 49.3 Å². The summed E-state index contributed by atoms with van der Waals surface area (Å²) < 4.78 is 25.7. The first-order chi connectivity index (χ1) is 8.29. The Balaban J connectivity index is 2.72. The van der Waals surface area contributed by atoms with Crippen LogP contribution in [-0.2, 0) is 10.2 Å². The van der Waals surface area contributed by atoms with Crippen LogP contribution in [-0.4, -0.2) is 30.1 Å². The third kappa shape index (κ3) is 3.50. The first-order valence-corrected chi connectivity index (χ1v) is 5.62. The van der Waals surface area contributed by atoms with Crippen LogP contribution in [0.15, 0.2) is 30.3 Å². The Morgan fingerprint density at radius 1 is 1.28 bits per heavy atom. The molecule has 0 saturated heterocycles. The maximum atomic E-state index is 12.8. The van der Waals surface area contributed by atoms with Gasteiger partial charge < -0.3 is 10.4 Å². The molecule has 0 bridgehead atoms. The summed E-state index contributed by atoms with van der Waals surface area (Å²) in [4.78, 5) is 11.9. The van der Waals surface area contributed by atoms with Crippen LogP contribution < -0.4 is 5.32 Å². The first-order valence-electron chi connectivity index (χ1n) is 5.62. The van der Waals surface area contributed by atoms with Gasteiger partial charge in [-0.25, -0.2) is 8.78 Å². The molecule has 1 aromatic carbocycles. The summed E-state index contributed by atoms with van der Waals surface area (Å²) in [5.41, 5.74) is -0.151. The molecule has 1 amide bonds. The average molecular weight is 257 g/mol. The lowest BCUT2D eigenvalue weighted by Crippen LogP contribution is -2.46. The molecule has 1 rings (SSSR count). The van der Waals surface area contributed by atoms with E-state index >= 15 is 0 Å². The molecule has 2 N–H and O–H groups in total. The van der Waals surface area contributed by atoms with Gasteiger partial charge in [0, 0.05) is 0 Å². The van der Waals surface area contributed by atoms with Crippen molar-refractivity contribution in [2.24, 2.45) is 0 Å². The molecule has 0 aliphatic rings. The van der Waals surface area contributed by atoms with E-state index in [2.05, 4.69) is 5.32 Å². The predicted octanol–water partition coefficient (Wildman–Crippen LogP) is 1.71. The molecular weight excluding hydrogens is 240 g/mol. The molecule has 0 spiro atoms. The standard InChI is InChI=1S/C13H17F2NO2/c1-12(2,10-6-4-3-5-7-10)11(18)16-8-13(14,15)9-17/h3-7,17H,8-9H2,1-2H3,(H,16,18). The van der Waals surface area contributed by atoms with Gasteiger partial charge in [-0.1, -0.05) is 30.3 Å². The number of amides is 1. The Hall–Kier alpha value is -1.49. The van der Waals surface area contributed by atoms with Gasteiger partial charge in [0.1, 0.15) is 6.61 Å². The number of alkyl halides is 2. The molecule has 0 aromatic heterocycles. The number of hydrogen-bond acceptors (Lipinski definition) is 2. The Bertz CT molecular complexity index is 405. The van der Waals surface area contributed by atoms with Crippen LogP contribution in [0, 0.1) is 0 Å². The van der Waals surface area contributed by atoms with Crippen molar-refractivity contribution >= 4 is 5.91 Å². The Kier molecular flexibility index (Phi) is 4.40. The zero-order chi connectivity index (χ0) is 13.8. The molecule has 1 aromatic rings. The number of benzene rings is 1. The second-order valence-corrected chi connectivity index (χ2v) is 4.69. The second kappa shape index (κ2) is 5.44. The van der Waals surface area contributed by atoms with Gasteiger partial charge in [0.2, 0.25) is 5.91 Å². The zero-order valence-corrected chi connectivity index (χ0v) is 10.4. The van der Waals surface area contributed by atoms with E-state index < -0.39 is 30.4 Å². The molecule has 0 aliphatic heterocycles. The molecule has 0 atom stereocenters. The minimum Gasteiger partial charge on any atom is -0.390 e. The van der Waals surface area contributed by atoms with E-state index in [1.807, 2.05) is 6.07 Å².